The highest BCUT2D eigenvalue weighted by Crippen LogP contribution is 2.15. The van der Waals surface area contributed by atoms with Gasteiger partial charge in [0.25, 0.3) is 5.91 Å². The Bertz CT molecular complexity index is 818. The zero-order valence-corrected chi connectivity index (χ0v) is 12.9. The number of carbonyl (C=O) groups is 1. The fraction of sp³-hybridized carbons (Fsp3) is 0.167. The van der Waals surface area contributed by atoms with Crippen LogP contribution < -0.4 is 5.32 Å². The first-order valence-electron chi connectivity index (χ1n) is 7.64. The van der Waals surface area contributed by atoms with Gasteiger partial charge in [-0.2, -0.15) is 4.98 Å². The third-order valence-electron chi connectivity index (χ3n) is 3.44. The fourth-order valence-corrected chi connectivity index (χ4v) is 2.23. The molecule has 0 saturated carbocycles. The van der Waals surface area contributed by atoms with Crippen LogP contribution in [0.25, 0.3) is 11.4 Å². The minimum Gasteiger partial charge on any atom is -0.352 e. The molecule has 5 nitrogen and oxygen atoms in total. The van der Waals surface area contributed by atoms with Crippen LogP contribution in [0.2, 0.25) is 0 Å². The van der Waals surface area contributed by atoms with Gasteiger partial charge in [-0.25, -0.2) is 4.39 Å². The van der Waals surface area contributed by atoms with Crippen LogP contribution in [0.5, 0.6) is 0 Å². The van der Waals surface area contributed by atoms with Crippen molar-refractivity contribution in [1.29, 1.82) is 0 Å². The molecule has 0 aliphatic carbocycles. The Morgan fingerprint density at radius 1 is 1.12 bits per heavy atom. The largest absolute Gasteiger partial charge is 0.352 e. The predicted molar refractivity (Wildman–Crippen MR) is 86.8 cm³/mol. The fourth-order valence-electron chi connectivity index (χ4n) is 2.23. The number of hydrogen-bond acceptors (Lipinski definition) is 4. The Labute approximate surface area is 138 Å². The predicted octanol–water partition coefficient (Wildman–Crippen LogP) is 3.24. The molecule has 6 heteroatoms. The monoisotopic (exact) mass is 325 g/mol. The van der Waals surface area contributed by atoms with Crippen LogP contribution >= 0.6 is 0 Å². The molecule has 0 aliphatic heterocycles. The number of nitrogens with zero attached hydrogens (tertiary/aromatic N) is 2. The third-order valence-corrected chi connectivity index (χ3v) is 3.44. The number of benzene rings is 2. The second-order valence-electron chi connectivity index (χ2n) is 5.25. The molecule has 0 fully saturated rings. The third kappa shape index (κ3) is 4.04. The van der Waals surface area contributed by atoms with E-state index in [1.54, 1.807) is 6.07 Å². The van der Waals surface area contributed by atoms with Crippen molar-refractivity contribution in [2.45, 2.75) is 12.8 Å². The molecular formula is C18H16FN3O2. The van der Waals surface area contributed by atoms with Crippen LogP contribution in [0, 0.1) is 5.82 Å². The summed E-state index contributed by atoms with van der Waals surface area (Å²) in [7, 11) is 0. The van der Waals surface area contributed by atoms with Crippen molar-refractivity contribution in [1.82, 2.24) is 15.5 Å². The van der Waals surface area contributed by atoms with Gasteiger partial charge >= 0.3 is 0 Å². The van der Waals surface area contributed by atoms with E-state index in [0.717, 1.165) is 5.56 Å². The molecule has 2 aromatic carbocycles. The summed E-state index contributed by atoms with van der Waals surface area (Å²) in [4.78, 5) is 16.2. The summed E-state index contributed by atoms with van der Waals surface area (Å²) in [6.07, 6.45) is 1.21. The lowest BCUT2D eigenvalue weighted by molar-refractivity contribution is 0.0952. The Kier molecular flexibility index (Phi) is 4.96. The normalized spacial score (nSPS) is 10.5. The lowest BCUT2D eigenvalue weighted by Gasteiger charge is -2.04. The lowest BCUT2D eigenvalue weighted by Crippen LogP contribution is -2.24. The SMILES string of the molecule is O=C(NCCCc1nc(-c2ccccc2)no1)c1cccc(F)c1. The summed E-state index contributed by atoms with van der Waals surface area (Å²) in [6.45, 7) is 0.443. The first-order chi connectivity index (χ1) is 11.7. The first kappa shape index (κ1) is 15.9. The van der Waals surface area contributed by atoms with Gasteiger partial charge in [0.05, 0.1) is 0 Å². The number of amides is 1. The van der Waals surface area contributed by atoms with E-state index in [-0.39, 0.29) is 5.91 Å². The molecule has 1 heterocycles. The van der Waals surface area contributed by atoms with Gasteiger partial charge in [-0.1, -0.05) is 41.6 Å². The second-order valence-corrected chi connectivity index (χ2v) is 5.25. The molecular weight excluding hydrogens is 309 g/mol. The average Bonchev–Trinajstić information content (AvgIpc) is 3.08. The second kappa shape index (κ2) is 7.50. The molecule has 0 spiro atoms. The zero-order valence-electron chi connectivity index (χ0n) is 12.9. The van der Waals surface area contributed by atoms with Gasteiger partial charge in [-0.05, 0) is 24.6 Å². The van der Waals surface area contributed by atoms with Crippen molar-refractivity contribution in [3.63, 3.8) is 0 Å². The molecule has 1 aromatic heterocycles. The summed E-state index contributed by atoms with van der Waals surface area (Å²) >= 11 is 0. The van der Waals surface area contributed by atoms with Crippen LogP contribution in [0.4, 0.5) is 4.39 Å². The van der Waals surface area contributed by atoms with E-state index in [4.69, 9.17) is 4.52 Å². The van der Waals surface area contributed by atoms with Gasteiger partial charge in [0.2, 0.25) is 11.7 Å². The summed E-state index contributed by atoms with van der Waals surface area (Å²) in [5.41, 5.74) is 1.20. The van der Waals surface area contributed by atoms with Crippen LogP contribution in [0.3, 0.4) is 0 Å². The maximum Gasteiger partial charge on any atom is 0.251 e. The smallest absolute Gasteiger partial charge is 0.251 e. The summed E-state index contributed by atoms with van der Waals surface area (Å²) < 4.78 is 18.3. The molecule has 0 atom stereocenters. The maximum atomic E-state index is 13.1. The first-order valence-corrected chi connectivity index (χ1v) is 7.64. The van der Waals surface area contributed by atoms with Gasteiger partial charge in [0.15, 0.2) is 0 Å². The Balaban J connectivity index is 1.47. The highest BCUT2D eigenvalue weighted by molar-refractivity contribution is 5.94. The quantitative estimate of drug-likeness (QED) is 0.707. The zero-order chi connectivity index (χ0) is 16.8. The van der Waals surface area contributed by atoms with Crippen LogP contribution in [0.15, 0.2) is 59.1 Å². The molecule has 0 radical (unpaired) electrons. The summed E-state index contributed by atoms with van der Waals surface area (Å²) in [6, 6.07) is 15.2. The summed E-state index contributed by atoms with van der Waals surface area (Å²) in [5, 5.41) is 6.68. The number of carbonyl (C=O) groups excluding carboxylic acids is 1. The highest BCUT2D eigenvalue weighted by atomic mass is 19.1. The van der Waals surface area contributed by atoms with Crippen molar-refractivity contribution in [2.75, 3.05) is 6.54 Å². The van der Waals surface area contributed by atoms with Gasteiger partial charge < -0.3 is 9.84 Å². The average molecular weight is 325 g/mol. The number of aromatic nitrogens is 2. The van der Waals surface area contributed by atoms with Crippen molar-refractivity contribution in [3.05, 3.63) is 71.9 Å². The number of halogens is 1. The van der Waals surface area contributed by atoms with E-state index in [1.807, 2.05) is 30.3 Å². The van der Waals surface area contributed by atoms with Gasteiger partial charge in [0.1, 0.15) is 5.82 Å². The molecule has 24 heavy (non-hydrogen) atoms. The van der Waals surface area contributed by atoms with Gasteiger partial charge in [0, 0.05) is 24.1 Å². The van der Waals surface area contributed by atoms with E-state index < -0.39 is 5.82 Å². The van der Waals surface area contributed by atoms with Crippen LogP contribution in [0.1, 0.15) is 22.7 Å². The highest BCUT2D eigenvalue weighted by Gasteiger charge is 2.09. The molecule has 1 N–H and O–H groups in total. The van der Waals surface area contributed by atoms with Crippen molar-refractivity contribution in [3.8, 4) is 11.4 Å². The van der Waals surface area contributed by atoms with E-state index in [0.29, 0.717) is 36.7 Å². The van der Waals surface area contributed by atoms with Crippen LogP contribution in [-0.2, 0) is 6.42 Å². The van der Waals surface area contributed by atoms with Gasteiger partial charge in [-0.3, -0.25) is 4.79 Å². The van der Waals surface area contributed by atoms with Crippen molar-refractivity contribution >= 4 is 5.91 Å². The Morgan fingerprint density at radius 2 is 1.96 bits per heavy atom. The molecule has 0 unspecified atom stereocenters. The van der Waals surface area contributed by atoms with Crippen LogP contribution in [-0.4, -0.2) is 22.6 Å². The Morgan fingerprint density at radius 3 is 2.75 bits per heavy atom. The molecule has 0 bridgehead atoms. The topological polar surface area (TPSA) is 68.0 Å². The molecule has 122 valence electrons. The van der Waals surface area contributed by atoms with Crippen molar-refractivity contribution < 1.29 is 13.7 Å². The number of aryl methyl sites for hydroxylation is 1. The van der Waals surface area contributed by atoms with E-state index in [1.165, 1.54) is 18.2 Å². The molecule has 3 aromatic rings. The standard InChI is InChI=1S/C18H16FN3O2/c19-15-9-4-8-14(12-15)18(23)20-11-5-10-16-21-17(22-24-16)13-6-2-1-3-7-13/h1-4,6-9,12H,5,10-11H2,(H,20,23). The number of rotatable bonds is 6. The number of hydrogen-bond donors (Lipinski definition) is 1. The maximum absolute atomic E-state index is 13.1. The summed E-state index contributed by atoms with van der Waals surface area (Å²) in [5.74, 6) is 0.343. The van der Waals surface area contributed by atoms with Crippen molar-refractivity contribution in [2.24, 2.45) is 0 Å². The van der Waals surface area contributed by atoms with Gasteiger partial charge in [-0.15, -0.1) is 0 Å². The minimum absolute atomic E-state index is 0.301. The van der Waals surface area contributed by atoms with E-state index in [2.05, 4.69) is 15.5 Å². The molecule has 0 aliphatic rings. The number of nitrogens with one attached hydrogen (secondary N) is 1. The van der Waals surface area contributed by atoms with E-state index in [9.17, 15) is 9.18 Å². The minimum atomic E-state index is -0.429. The molecule has 1 amide bonds. The lowest BCUT2D eigenvalue weighted by atomic mass is 10.2. The Hall–Kier alpha value is -3.02. The van der Waals surface area contributed by atoms with E-state index >= 15 is 0 Å². The molecule has 3 rings (SSSR count). The molecule has 0 saturated heterocycles.